The molecule has 0 saturated heterocycles. The molecule has 0 amide bonds. The summed E-state index contributed by atoms with van der Waals surface area (Å²) in [5, 5.41) is 1.09. The summed E-state index contributed by atoms with van der Waals surface area (Å²) < 4.78 is 5.60. The van der Waals surface area contributed by atoms with Crippen molar-refractivity contribution in [2.45, 2.75) is 20.0 Å². The number of ether oxygens (including phenoxy) is 1. The summed E-state index contributed by atoms with van der Waals surface area (Å²) in [6.07, 6.45) is 5.61. The molecular weight excluding hydrogens is 164 g/mol. The highest BCUT2D eigenvalue weighted by Gasteiger charge is 2.04. The molecular formula is C10H12N2O. The van der Waals surface area contributed by atoms with E-state index in [0.29, 0.717) is 0 Å². The highest BCUT2D eigenvalue weighted by molar-refractivity contribution is 5.84. The van der Waals surface area contributed by atoms with E-state index in [-0.39, 0.29) is 6.10 Å². The maximum absolute atomic E-state index is 5.60. The SMILES string of the molecule is CC(C)Oc1cncc2[nH]ccc12. The molecule has 0 atom stereocenters. The van der Waals surface area contributed by atoms with Crippen LogP contribution in [0.4, 0.5) is 0 Å². The van der Waals surface area contributed by atoms with Crippen molar-refractivity contribution in [3.63, 3.8) is 0 Å². The van der Waals surface area contributed by atoms with Crippen LogP contribution >= 0.6 is 0 Å². The van der Waals surface area contributed by atoms with Gasteiger partial charge in [0.15, 0.2) is 0 Å². The van der Waals surface area contributed by atoms with Crippen molar-refractivity contribution in [2.75, 3.05) is 0 Å². The second-order valence-electron chi connectivity index (χ2n) is 3.24. The Hall–Kier alpha value is -1.51. The monoisotopic (exact) mass is 176 g/mol. The van der Waals surface area contributed by atoms with Gasteiger partial charge in [-0.2, -0.15) is 0 Å². The van der Waals surface area contributed by atoms with Crippen LogP contribution in [0.2, 0.25) is 0 Å². The van der Waals surface area contributed by atoms with Crippen molar-refractivity contribution >= 4 is 10.9 Å². The highest BCUT2D eigenvalue weighted by Crippen LogP contribution is 2.23. The van der Waals surface area contributed by atoms with Gasteiger partial charge in [-0.25, -0.2) is 0 Å². The van der Waals surface area contributed by atoms with Crippen molar-refractivity contribution in [1.82, 2.24) is 9.97 Å². The van der Waals surface area contributed by atoms with Crippen LogP contribution in [-0.4, -0.2) is 16.1 Å². The molecule has 2 rings (SSSR count). The zero-order valence-electron chi connectivity index (χ0n) is 7.74. The van der Waals surface area contributed by atoms with Gasteiger partial charge in [0.05, 0.1) is 24.0 Å². The first-order valence-corrected chi connectivity index (χ1v) is 4.35. The maximum Gasteiger partial charge on any atom is 0.147 e. The summed E-state index contributed by atoms with van der Waals surface area (Å²) in [7, 11) is 0. The molecule has 2 aromatic rings. The Labute approximate surface area is 76.8 Å². The second kappa shape index (κ2) is 3.09. The van der Waals surface area contributed by atoms with Crippen molar-refractivity contribution in [3.8, 4) is 5.75 Å². The fourth-order valence-electron chi connectivity index (χ4n) is 1.30. The van der Waals surface area contributed by atoms with E-state index in [9.17, 15) is 0 Å². The van der Waals surface area contributed by atoms with Gasteiger partial charge in [-0.3, -0.25) is 4.98 Å². The lowest BCUT2D eigenvalue weighted by Gasteiger charge is -2.09. The molecule has 0 aromatic carbocycles. The first-order chi connectivity index (χ1) is 6.27. The van der Waals surface area contributed by atoms with Gasteiger partial charge in [-0.1, -0.05) is 0 Å². The van der Waals surface area contributed by atoms with Crippen LogP contribution in [0.15, 0.2) is 24.7 Å². The van der Waals surface area contributed by atoms with E-state index >= 15 is 0 Å². The van der Waals surface area contributed by atoms with Gasteiger partial charge in [0.2, 0.25) is 0 Å². The fraction of sp³-hybridized carbons (Fsp3) is 0.300. The molecule has 0 bridgehead atoms. The maximum atomic E-state index is 5.60. The summed E-state index contributed by atoms with van der Waals surface area (Å²) in [5.74, 6) is 0.841. The lowest BCUT2D eigenvalue weighted by atomic mass is 10.3. The van der Waals surface area contributed by atoms with E-state index in [0.717, 1.165) is 16.7 Å². The number of aromatic nitrogens is 2. The molecule has 2 heterocycles. The van der Waals surface area contributed by atoms with E-state index < -0.39 is 0 Å². The number of hydrogen-bond donors (Lipinski definition) is 1. The number of rotatable bonds is 2. The highest BCUT2D eigenvalue weighted by atomic mass is 16.5. The minimum atomic E-state index is 0.183. The van der Waals surface area contributed by atoms with Gasteiger partial charge in [0.25, 0.3) is 0 Å². The Morgan fingerprint density at radius 2 is 2.23 bits per heavy atom. The molecule has 0 aliphatic carbocycles. The Bertz CT molecular complexity index is 406. The molecule has 68 valence electrons. The van der Waals surface area contributed by atoms with Gasteiger partial charge in [-0.05, 0) is 19.9 Å². The van der Waals surface area contributed by atoms with E-state index in [1.807, 2.05) is 26.1 Å². The third-order valence-corrected chi connectivity index (χ3v) is 1.80. The van der Waals surface area contributed by atoms with Gasteiger partial charge in [0, 0.05) is 11.6 Å². The largest absolute Gasteiger partial charge is 0.489 e. The van der Waals surface area contributed by atoms with Crippen LogP contribution in [0.3, 0.4) is 0 Å². The van der Waals surface area contributed by atoms with E-state index in [1.165, 1.54) is 0 Å². The summed E-state index contributed by atoms with van der Waals surface area (Å²) in [4.78, 5) is 7.17. The van der Waals surface area contributed by atoms with Crippen molar-refractivity contribution in [1.29, 1.82) is 0 Å². The average Bonchev–Trinajstić information content (AvgIpc) is 2.51. The van der Waals surface area contributed by atoms with E-state index in [1.54, 1.807) is 12.4 Å². The molecule has 0 aliphatic rings. The summed E-state index contributed by atoms with van der Waals surface area (Å²) in [5.41, 5.74) is 1.01. The third-order valence-electron chi connectivity index (χ3n) is 1.80. The topological polar surface area (TPSA) is 37.9 Å². The molecule has 0 aliphatic heterocycles. The number of nitrogens with zero attached hydrogens (tertiary/aromatic N) is 1. The van der Waals surface area contributed by atoms with Gasteiger partial charge in [-0.15, -0.1) is 0 Å². The van der Waals surface area contributed by atoms with Crippen molar-refractivity contribution in [3.05, 3.63) is 24.7 Å². The van der Waals surface area contributed by atoms with Crippen LogP contribution in [0.25, 0.3) is 10.9 Å². The number of aromatic amines is 1. The number of hydrogen-bond acceptors (Lipinski definition) is 2. The predicted molar refractivity (Wildman–Crippen MR) is 51.9 cm³/mol. The second-order valence-corrected chi connectivity index (χ2v) is 3.24. The molecule has 2 aromatic heterocycles. The zero-order valence-corrected chi connectivity index (χ0v) is 7.74. The molecule has 3 nitrogen and oxygen atoms in total. The smallest absolute Gasteiger partial charge is 0.147 e. The lowest BCUT2D eigenvalue weighted by molar-refractivity contribution is 0.244. The zero-order chi connectivity index (χ0) is 9.26. The Balaban J connectivity index is 2.48. The molecule has 0 saturated carbocycles. The number of nitrogens with one attached hydrogen (secondary N) is 1. The molecule has 0 radical (unpaired) electrons. The number of H-pyrrole nitrogens is 1. The molecule has 1 N–H and O–H groups in total. The lowest BCUT2D eigenvalue weighted by Crippen LogP contribution is -2.05. The van der Waals surface area contributed by atoms with Crippen LogP contribution in [0.5, 0.6) is 5.75 Å². The Morgan fingerprint density at radius 1 is 1.38 bits per heavy atom. The average molecular weight is 176 g/mol. The molecule has 13 heavy (non-hydrogen) atoms. The van der Waals surface area contributed by atoms with Gasteiger partial charge < -0.3 is 9.72 Å². The van der Waals surface area contributed by atoms with Crippen LogP contribution < -0.4 is 4.74 Å². The Morgan fingerprint density at radius 3 is 3.00 bits per heavy atom. The van der Waals surface area contributed by atoms with E-state index in [2.05, 4.69) is 9.97 Å². The number of fused-ring (bicyclic) bond motifs is 1. The fourth-order valence-corrected chi connectivity index (χ4v) is 1.30. The summed E-state index contributed by atoms with van der Waals surface area (Å²) >= 11 is 0. The summed E-state index contributed by atoms with van der Waals surface area (Å²) in [6.45, 7) is 4.01. The summed E-state index contributed by atoms with van der Waals surface area (Å²) in [6, 6.07) is 1.99. The number of pyridine rings is 1. The normalized spacial score (nSPS) is 11.0. The molecule has 0 unspecified atom stereocenters. The van der Waals surface area contributed by atoms with Gasteiger partial charge in [0.1, 0.15) is 5.75 Å². The van der Waals surface area contributed by atoms with Crippen LogP contribution in [0.1, 0.15) is 13.8 Å². The van der Waals surface area contributed by atoms with Crippen molar-refractivity contribution in [2.24, 2.45) is 0 Å². The predicted octanol–water partition coefficient (Wildman–Crippen LogP) is 2.35. The Kier molecular flexibility index (Phi) is 1.93. The first-order valence-electron chi connectivity index (χ1n) is 4.35. The van der Waals surface area contributed by atoms with Crippen LogP contribution in [-0.2, 0) is 0 Å². The molecule has 0 spiro atoms. The van der Waals surface area contributed by atoms with Crippen LogP contribution in [0, 0.1) is 0 Å². The first kappa shape index (κ1) is 8.10. The quantitative estimate of drug-likeness (QED) is 0.762. The minimum Gasteiger partial charge on any atom is -0.489 e. The minimum absolute atomic E-state index is 0.183. The standard InChI is InChI=1S/C10H12N2O/c1-7(2)13-10-6-11-5-9-8(10)3-4-12-9/h3-7,12H,1-2H3. The van der Waals surface area contributed by atoms with Crippen molar-refractivity contribution < 1.29 is 4.74 Å². The third kappa shape index (κ3) is 1.49. The van der Waals surface area contributed by atoms with Gasteiger partial charge >= 0.3 is 0 Å². The molecule has 3 heteroatoms. The van der Waals surface area contributed by atoms with E-state index in [4.69, 9.17) is 4.74 Å². The molecule has 0 fully saturated rings.